The highest BCUT2D eigenvalue weighted by molar-refractivity contribution is 5.95. The van der Waals surface area contributed by atoms with Crippen LogP contribution in [0.25, 0.3) is 0 Å². The van der Waals surface area contributed by atoms with E-state index in [1.54, 1.807) is 12.1 Å². The minimum atomic E-state index is -0.965. The number of benzene rings is 1. The summed E-state index contributed by atoms with van der Waals surface area (Å²) in [5, 5.41) is 12.2. The number of carbonyl (C=O) groups is 1. The molecule has 0 aliphatic carbocycles. The van der Waals surface area contributed by atoms with Crippen LogP contribution < -0.4 is 11.1 Å². The van der Waals surface area contributed by atoms with Gasteiger partial charge in [0.25, 0.3) is 0 Å². The minimum absolute atomic E-state index is 0.217. The Kier molecular flexibility index (Phi) is 5.45. The van der Waals surface area contributed by atoms with Gasteiger partial charge in [-0.1, -0.05) is 13.8 Å². The molecule has 0 saturated heterocycles. The van der Waals surface area contributed by atoms with Crippen LogP contribution in [0.15, 0.2) is 18.2 Å². The first kappa shape index (κ1) is 14.3. The number of nitrogens with one attached hydrogen (secondary N) is 1. The summed E-state index contributed by atoms with van der Waals surface area (Å²) in [6.07, 6.45) is 0. The number of nitrogens with two attached hydrogens (primary N) is 1. The molecular weight excluding hydrogens is 230 g/mol. The van der Waals surface area contributed by atoms with Crippen LogP contribution in [0, 0.1) is 0 Å². The predicted octanol–water partition coefficient (Wildman–Crippen LogP) is 1.72. The lowest BCUT2D eigenvalue weighted by Crippen LogP contribution is -2.28. The lowest BCUT2D eigenvalue weighted by atomic mass is 10.1. The van der Waals surface area contributed by atoms with E-state index in [4.69, 9.17) is 10.8 Å². The van der Waals surface area contributed by atoms with Crippen LogP contribution in [-0.2, 0) is 0 Å². The van der Waals surface area contributed by atoms with E-state index < -0.39 is 5.97 Å². The largest absolute Gasteiger partial charge is 0.478 e. The van der Waals surface area contributed by atoms with Crippen molar-refractivity contribution in [2.75, 3.05) is 37.2 Å². The molecule has 0 amide bonds. The van der Waals surface area contributed by atoms with Crippen molar-refractivity contribution in [3.05, 3.63) is 23.8 Å². The van der Waals surface area contributed by atoms with E-state index in [1.807, 2.05) is 0 Å². The summed E-state index contributed by atoms with van der Waals surface area (Å²) < 4.78 is 0. The van der Waals surface area contributed by atoms with Crippen LogP contribution in [0.2, 0.25) is 0 Å². The molecular formula is C13H21N3O2. The zero-order valence-electron chi connectivity index (χ0n) is 10.9. The average Bonchev–Trinajstić information content (AvgIpc) is 2.36. The first-order chi connectivity index (χ1) is 8.58. The highest BCUT2D eigenvalue weighted by atomic mass is 16.4. The molecule has 5 nitrogen and oxygen atoms in total. The van der Waals surface area contributed by atoms with E-state index >= 15 is 0 Å². The molecule has 18 heavy (non-hydrogen) atoms. The lowest BCUT2D eigenvalue weighted by molar-refractivity contribution is 0.0698. The van der Waals surface area contributed by atoms with Gasteiger partial charge in [0.1, 0.15) is 0 Å². The number of hydrogen-bond donors (Lipinski definition) is 3. The highest BCUT2D eigenvalue weighted by Crippen LogP contribution is 2.18. The number of likely N-dealkylation sites (N-methyl/N-ethyl adjacent to an activating group) is 1. The molecule has 0 radical (unpaired) electrons. The van der Waals surface area contributed by atoms with Crippen molar-refractivity contribution in [2.45, 2.75) is 13.8 Å². The van der Waals surface area contributed by atoms with Gasteiger partial charge in [-0.05, 0) is 31.3 Å². The second kappa shape index (κ2) is 6.86. The van der Waals surface area contributed by atoms with E-state index in [0.29, 0.717) is 17.9 Å². The summed E-state index contributed by atoms with van der Waals surface area (Å²) in [4.78, 5) is 13.3. The van der Waals surface area contributed by atoms with Crippen molar-refractivity contribution in [1.82, 2.24) is 4.90 Å². The zero-order chi connectivity index (χ0) is 13.5. The quantitative estimate of drug-likeness (QED) is 0.643. The Bertz CT molecular complexity index is 403. The summed E-state index contributed by atoms with van der Waals surface area (Å²) >= 11 is 0. The number of anilines is 2. The second-order valence-corrected chi connectivity index (χ2v) is 4.06. The Morgan fingerprint density at radius 3 is 2.61 bits per heavy atom. The third-order valence-corrected chi connectivity index (χ3v) is 2.91. The van der Waals surface area contributed by atoms with Crippen molar-refractivity contribution >= 4 is 17.3 Å². The van der Waals surface area contributed by atoms with Gasteiger partial charge in [0.05, 0.1) is 5.56 Å². The summed E-state index contributed by atoms with van der Waals surface area (Å²) in [6, 6.07) is 4.88. The van der Waals surface area contributed by atoms with Crippen LogP contribution in [0.3, 0.4) is 0 Å². The molecule has 0 aromatic heterocycles. The fourth-order valence-corrected chi connectivity index (χ4v) is 1.78. The number of aromatic carboxylic acids is 1. The Balaban J connectivity index is 2.64. The molecule has 1 aromatic rings. The summed E-state index contributed by atoms with van der Waals surface area (Å²) in [5.74, 6) is -0.965. The molecule has 0 unspecified atom stereocenters. The number of nitrogens with zero attached hydrogens (tertiary/aromatic N) is 1. The SMILES string of the molecule is CCN(CC)CCNc1ccc(N)cc1C(=O)O. The molecule has 1 rings (SSSR count). The van der Waals surface area contributed by atoms with Crippen LogP contribution >= 0.6 is 0 Å². The second-order valence-electron chi connectivity index (χ2n) is 4.06. The lowest BCUT2D eigenvalue weighted by Gasteiger charge is -2.19. The van der Waals surface area contributed by atoms with Crippen LogP contribution in [-0.4, -0.2) is 42.2 Å². The molecule has 1 aromatic carbocycles. The molecule has 4 N–H and O–H groups in total. The molecule has 0 atom stereocenters. The molecule has 100 valence electrons. The Morgan fingerprint density at radius 2 is 2.06 bits per heavy atom. The highest BCUT2D eigenvalue weighted by Gasteiger charge is 2.10. The van der Waals surface area contributed by atoms with E-state index in [2.05, 4.69) is 24.1 Å². The predicted molar refractivity (Wildman–Crippen MR) is 74.1 cm³/mol. The molecule has 0 aliphatic rings. The summed E-state index contributed by atoms with van der Waals surface area (Å²) in [5.41, 5.74) is 6.88. The number of carboxylic acid groups (broad SMARTS) is 1. The first-order valence-electron chi connectivity index (χ1n) is 6.17. The number of carboxylic acids is 1. The number of hydrogen-bond acceptors (Lipinski definition) is 4. The molecule has 0 spiro atoms. The van der Waals surface area contributed by atoms with Gasteiger partial charge in [-0.3, -0.25) is 0 Å². The smallest absolute Gasteiger partial charge is 0.337 e. The van der Waals surface area contributed by atoms with Crippen molar-refractivity contribution in [3.8, 4) is 0 Å². The molecule has 0 saturated carbocycles. The Labute approximate surface area is 108 Å². The molecule has 0 heterocycles. The summed E-state index contributed by atoms with van der Waals surface area (Å²) in [6.45, 7) is 7.80. The van der Waals surface area contributed by atoms with Gasteiger partial charge in [0.15, 0.2) is 0 Å². The van der Waals surface area contributed by atoms with Gasteiger partial charge in [-0.25, -0.2) is 4.79 Å². The maximum Gasteiger partial charge on any atom is 0.337 e. The number of nitrogen functional groups attached to an aromatic ring is 1. The fraction of sp³-hybridized carbons (Fsp3) is 0.462. The maximum atomic E-state index is 11.1. The van der Waals surface area contributed by atoms with Gasteiger partial charge < -0.3 is 21.1 Å². The molecule has 0 bridgehead atoms. The topological polar surface area (TPSA) is 78.6 Å². The van der Waals surface area contributed by atoms with Gasteiger partial charge >= 0.3 is 5.97 Å². The van der Waals surface area contributed by atoms with Crippen molar-refractivity contribution in [2.24, 2.45) is 0 Å². The van der Waals surface area contributed by atoms with Crippen molar-refractivity contribution in [1.29, 1.82) is 0 Å². The standard InChI is InChI=1S/C13H21N3O2/c1-3-16(4-2)8-7-15-12-6-5-10(14)9-11(12)13(17)18/h5-6,9,15H,3-4,7-8,14H2,1-2H3,(H,17,18). The van der Waals surface area contributed by atoms with E-state index in [0.717, 1.165) is 19.6 Å². The molecule has 0 aliphatic heterocycles. The monoisotopic (exact) mass is 251 g/mol. The van der Waals surface area contributed by atoms with Crippen molar-refractivity contribution < 1.29 is 9.90 Å². The summed E-state index contributed by atoms with van der Waals surface area (Å²) in [7, 11) is 0. The normalized spacial score (nSPS) is 10.6. The Hall–Kier alpha value is -1.75. The molecule has 0 fully saturated rings. The van der Waals surface area contributed by atoms with E-state index in [9.17, 15) is 4.79 Å². The van der Waals surface area contributed by atoms with Crippen LogP contribution in [0.1, 0.15) is 24.2 Å². The van der Waals surface area contributed by atoms with Crippen LogP contribution in [0.5, 0.6) is 0 Å². The molecule has 5 heteroatoms. The Morgan fingerprint density at radius 1 is 1.39 bits per heavy atom. The third-order valence-electron chi connectivity index (χ3n) is 2.91. The maximum absolute atomic E-state index is 11.1. The first-order valence-corrected chi connectivity index (χ1v) is 6.17. The minimum Gasteiger partial charge on any atom is -0.478 e. The van der Waals surface area contributed by atoms with E-state index in [1.165, 1.54) is 6.07 Å². The fourth-order valence-electron chi connectivity index (χ4n) is 1.78. The van der Waals surface area contributed by atoms with Gasteiger partial charge in [-0.15, -0.1) is 0 Å². The van der Waals surface area contributed by atoms with Gasteiger partial charge in [0, 0.05) is 24.5 Å². The number of rotatable bonds is 7. The van der Waals surface area contributed by atoms with Gasteiger partial charge in [-0.2, -0.15) is 0 Å². The third kappa shape index (κ3) is 3.92. The van der Waals surface area contributed by atoms with Gasteiger partial charge in [0.2, 0.25) is 0 Å². The zero-order valence-corrected chi connectivity index (χ0v) is 10.9. The van der Waals surface area contributed by atoms with Crippen LogP contribution in [0.4, 0.5) is 11.4 Å². The average molecular weight is 251 g/mol. The van der Waals surface area contributed by atoms with Crippen molar-refractivity contribution in [3.63, 3.8) is 0 Å². The van der Waals surface area contributed by atoms with E-state index in [-0.39, 0.29) is 5.56 Å².